The summed E-state index contributed by atoms with van der Waals surface area (Å²) in [6, 6.07) is 63.5. The Morgan fingerprint density at radius 2 is 0.629 bits per heavy atom. The molecule has 8 aromatic rings. The molecule has 0 atom stereocenters. The molecule has 0 radical (unpaired) electrons. The number of carbonyl (C=O) groups excluding carboxylic acids is 2. The molecule has 0 bridgehead atoms. The van der Waals surface area contributed by atoms with Gasteiger partial charge >= 0.3 is 11.9 Å². The number of ether oxygens (including phenoxy) is 2. The molecular weight excluding hydrogens is 769 g/mol. The molecule has 0 saturated carbocycles. The van der Waals surface area contributed by atoms with Crippen LogP contribution in [0.2, 0.25) is 0 Å². The van der Waals surface area contributed by atoms with Crippen LogP contribution in [-0.4, -0.2) is 22.2 Å². The zero-order valence-electron chi connectivity index (χ0n) is 33.3. The summed E-state index contributed by atoms with van der Waals surface area (Å²) in [5.74, 6) is 11.4. The lowest BCUT2D eigenvalue weighted by Crippen LogP contribution is -2.40. The average Bonchev–Trinajstić information content (AvgIpc) is 3.34. The lowest BCUT2D eigenvalue weighted by Gasteiger charge is -2.27. The van der Waals surface area contributed by atoms with Gasteiger partial charge in [-0.3, -0.25) is 0 Å². The predicted octanol–water partition coefficient (Wildman–Crippen LogP) is 9.84. The Kier molecular flexibility index (Phi) is 12.0. The zero-order valence-corrected chi connectivity index (χ0v) is 33.3. The van der Waals surface area contributed by atoms with Gasteiger partial charge in [0.05, 0.1) is 0 Å². The van der Waals surface area contributed by atoms with Crippen LogP contribution in [0.1, 0.15) is 44.5 Å². The summed E-state index contributed by atoms with van der Waals surface area (Å²) in [7, 11) is 0. The first-order valence-electron chi connectivity index (χ1n) is 19.9. The predicted molar refractivity (Wildman–Crippen MR) is 240 cm³/mol. The molecule has 2 N–H and O–H groups in total. The Hall–Kier alpha value is -8.26. The summed E-state index contributed by atoms with van der Waals surface area (Å²) in [6.07, 6.45) is 0. The van der Waals surface area contributed by atoms with Crippen LogP contribution in [-0.2, 0) is 20.8 Å². The summed E-state index contributed by atoms with van der Waals surface area (Å²) in [5.41, 5.74) is 0.680. The molecule has 0 heterocycles. The number of hydrogen-bond donors (Lipinski definition) is 2. The molecule has 0 aliphatic heterocycles. The van der Waals surface area contributed by atoms with Gasteiger partial charge in [-0.15, -0.1) is 0 Å². The lowest BCUT2D eigenvalue weighted by molar-refractivity contribution is -0.152. The van der Waals surface area contributed by atoms with Gasteiger partial charge in [0.1, 0.15) is 11.5 Å². The van der Waals surface area contributed by atoms with Crippen molar-refractivity contribution in [1.82, 2.24) is 0 Å². The molecular formula is C56H38O6. The molecule has 0 saturated heterocycles. The molecule has 8 aromatic carbocycles. The number of aliphatic hydroxyl groups is 2. The second kappa shape index (κ2) is 18.3. The molecule has 0 amide bonds. The van der Waals surface area contributed by atoms with Crippen molar-refractivity contribution in [2.24, 2.45) is 0 Å². The summed E-state index contributed by atoms with van der Waals surface area (Å²) in [5, 5.41) is 24.4. The van der Waals surface area contributed by atoms with Gasteiger partial charge in [-0.25, -0.2) is 9.59 Å². The molecule has 0 spiro atoms. The normalized spacial score (nSPS) is 10.9. The molecule has 62 heavy (non-hydrogen) atoms. The Bertz CT molecular complexity index is 2660. The molecule has 6 heteroatoms. The minimum Gasteiger partial charge on any atom is -0.424 e. The van der Waals surface area contributed by atoms with Crippen LogP contribution < -0.4 is 9.47 Å². The Morgan fingerprint density at radius 3 is 0.919 bits per heavy atom. The summed E-state index contributed by atoms with van der Waals surface area (Å²) in [4.78, 5) is 28.6. The Balaban J connectivity index is 1.26. The lowest BCUT2D eigenvalue weighted by atomic mass is 9.86. The molecule has 0 unspecified atom stereocenters. The van der Waals surface area contributed by atoms with Crippen LogP contribution in [0.3, 0.4) is 0 Å². The fourth-order valence-electron chi connectivity index (χ4n) is 7.04. The van der Waals surface area contributed by atoms with Crippen LogP contribution in [0.15, 0.2) is 218 Å². The van der Waals surface area contributed by atoms with Crippen LogP contribution >= 0.6 is 0 Å². The van der Waals surface area contributed by atoms with Crippen LogP contribution in [0.5, 0.6) is 11.5 Å². The highest BCUT2D eigenvalue weighted by Crippen LogP contribution is 2.37. The number of benzene rings is 8. The summed E-state index contributed by atoms with van der Waals surface area (Å²) in [6.45, 7) is 0. The minimum absolute atomic E-state index is 0.118. The summed E-state index contributed by atoms with van der Waals surface area (Å²) < 4.78 is 12.2. The van der Waals surface area contributed by atoms with Gasteiger partial charge < -0.3 is 19.7 Å². The van der Waals surface area contributed by atoms with E-state index in [0.29, 0.717) is 44.5 Å². The Morgan fingerprint density at radius 1 is 0.355 bits per heavy atom. The van der Waals surface area contributed by atoms with E-state index < -0.39 is 23.1 Å². The van der Waals surface area contributed by atoms with Crippen molar-refractivity contribution in [3.05, 3.63) is 263 Å². The van der Waals surface area contributed by atoms with Crippen molar-refractivity contribution in [3.63, 3.8) is 0 Å². The molecule has 0 fully saturated rings. The molecule has 0 aromatic heterocycles. The maximum Gasteiger partial charge on any atom is 0.353 e. The van der Waals surface area contributed by atoms with Gasteiger partial charge in [0.25, 0.3) is 0 Å². The highest BCUT2D eigenvalue weighted by molar-refractivity contribution is 5.89. The Labute approximate surface area is 360 Å². The van der Waals surface area contributed by atoms with Gasteiger partial charge in [0.2, 0.25) is 11.2 Å². The first-order valence-corrected chi connectivity index (χ1v) is 19.9. The van der Waals surface area contributed by atoms with E-state index in [1.807, 2.05) is 60.7 Å². The first kappa shape index (κ1) is 40.5. The smallest absolute Gasteiger partial charge is 0.353 e. The number of esters is 2. The SMILES string of the molecule is O=C(Oc1ccc(C#Cc2ccccc2)c(-c2cc(OC(=O)C(O)(c3ccccc3)c3ccccc3)ccc2C#Cc2ccccc2)c1)C(O)(c1ccccc1)c1ccccc1. The van der Waals surface area contributed by atoms with Crippen molar-refractivity contribution in [3.8, 4) is 46.3 Å². The third-order valence-corrected chi connectivity index (χ3v) is 10.3. The highest BCUT2D eigenvalue weighted by atomic mass is 16.6. The van der Waals surface area contributed by atoms with Crippen molar-refractivity contribution < 1.29 is 29.3 Å². The fourth-order valence-corrected chi connectivity index (χ4v) is 7.04. The maximum atomic E-state index is 14.3. The van der Waals surface area contributed by atoms with E-state index in [0.717, 1.165) is 11.1 Å². The second-order valence-electron chi connectivity index (χ2n) is 14.3. The van der Waals surface area contributed by atoms with E-state index in [4.69, 9.17) is 9.47 Å². The van der Waals surface area contributed by atoms with E-state index >= 15 is 0 Å². The van der Waals surface area contributed by atoms with Gasteiger partial charge in [0.15, 0.2) is 0 Å². The molecule has 298 valence electrons. The van der Waals surface area contributed by atoms with Crippen LogP contribution in [0.25, 0.3) is 11.1 Å². The topological polar surface area (TPSA) is 93.1 Å². The van der Waals surface area contributed by atoms with Crippen molar-refractivity contribution in [2.45, 2.75) is 11.2 Å². The van der Waals surface area contributed by atoms with Gasteiger partial charge in [-0.05, 0) is 82.9 Å². The summed E-state index contributed by atoms with van der Waals surface area (Å²) >= 11 is 0. The molecule has 0 aliphatic rings. The minimum atomic E-state index is -2.15. The monoisotopic (exact) mass is 806 g/mol. The van der Waals surface area contributed by atoms with Gasteiger partial charge in [-0.2, -0.15) is 0 Å². The third kappa shape index (κ3) is 8.70. The van der Waals surface area contributed by atoms with E-state index in [2.05, 4.69) is 23.7 Å². The second-order valence-corrected chi connectivity index (χ2v) is 14.3. The number of rotatable bonds is 9. The van der Waals surface area contributed by atoms with Crippen molar-refractivity contribution >= 4 is 11.9 Å². The molecule has 0 aliphatic carbocycles. The van der Waals surface area contributed by atoms with Crippen molar-refractivity contribution in [1.29, 1.82) is 0 Å². The largest absolute Gasteiger partial charge is 0.424 e. The van der Waals surface area contributed by atoms with Crippen LogP contribution in [0, 0.1) is 23.7 Å². The standard InChI is InChI=1S/C56H38O6/c57-53(55(59,45-23-11-3-12-24-45)46-25-13-4-14-26-46)61-49-37-35-43(33-31-41-19-7-1-8-20-41)51(39-49)52-40-50(38-36-44(52)34-32-42-21-9-2-10-22-42)62-54(58)56(60,47-27-15-5-16-28-47)48-29-17-6-18-30-48/h1-30,35-40,59-60H. The van der Waals surface area contributed by atoms with E-state index in [9.17, 15) is 19.8 Å². The zero-order chi connectivity index (χ0) is 42.8. The van der Waals surface area contributed by atoms with Crippen LogP contribution in [0.4, 0.5) is 0 Å². The molecule has 8 rings (SSSR count). The van der Waals surface area contributed by atoms with Gasteiger partial charge in [0, 0.05) is 33.4 Å². The van der Waals surface area contributed by atoms with E-state index in [1.165, 1.54) is 0 Å². The number of carbonyl (C=O) groups is 2. The van der Waals surface area contributed by atoms with Gasteiger partial charge in [-0.1, -0.05) is 181 Å². The highest BCUT2D eigenvalue weighted by Gasteiger charge is 2.43. The van der Waals surface area contributed by atoms with E-state index in [1.54, 1.807) is 158 Å². The fraction of sp³-hybridized carbons (Fsp3) is 0.0357. The van der Waals surface area contributed by atoms with Crippen molar-refractivity contribution in [2.75, 3.05) is 0 Å². The first-order chi connectivity index (χ1) is 30.3. The maximum absolute atomic E-state index is 14.3. The third-order valence-electron chi connectivity index (χ3n) is 10.3. The van der Waals surface area contributed by atoms with E-state index in [-0.39, 0.29) is 11.5 Å². The quantitative estimate of drug-likeness (QED) is 0.0858. The molecule has 6 nitrogen and oxygen atoms in total. The average molecular weight is 807 g/mol. The number of hydrogen-bond acceptors (Lipinski definition) is 6.